The summed E-state index contributed by atoms with van der Waals surface area (Å²) in [5.74, 6) is 0. The van der Waals surface area contributed by atoms with Crippen molar-refractivity contribution >= 4 is 6.34 Å². The number of rotatable bonds is 0. The van der Waals surface area contributed by atoms with Crippen LogP contribution < -0.4 is 0 Å². The molecule has 2 nitrogen and oxygen atoms in total. The molecule has 1 aliphatic heterocycles. The van der Waals surface area contributed by atoms with E-state index in [0.29, 0.717) is 0 Å². The van der Waals surface area contributed by atoms with Gasteiger partial charge in [-0.1, -0.05) is 0 Å². The Hall–Kier alpha value is -0.530. The van der Waals surface area contributed by atoms with Gasteiger partial charge in [0.25, 0.3) is 0 Å². The molecule has 0 aromatic carbocycles. The van der Waals surface area contributed by atoms with Gasteiger partial charge in [0.1, 0.15) is 0 Å². The molecule has 0 unspecified atom stereocenters. The van der Waals surface area contributed by atoms with Gasteiger partial charge in [-0.15, -0.1) is 6.34 Å². The monoisotopic (exact) mass is 182 g/mol. The molecule has 2 heteroatoms. The predicted octanol–water partition coefficient (Wildman–Crippen LogP) is 1.82. The molecule has 0 amide bonds. The van der Waals surface area contributed by atoms with Gasteiger partial charge in [0.05, 0.1) is 24.2 Å². The molecule has 0 aromatic rings. The Labute approximate surface area is 82.2 Å². The quantitative estimate of drug-likeness (QED) is 0.409. The van der Waals surface area contributed by atoms with Crippen LogP contribution >= 0.6 is 0 Å². The van der Waals surface area contributed by atoms with Crippen LogP contribution in [-0.2, 0) is 0 Å². The first-order chi connectivity index (χ1) is 5.71. The minimum atomic E-state index is 0.208. The third kappa shape index (κ3) is 2.45. The van der Waals surface area contributed by atoms with Crippen molar-refractivity contribution in [3.8, 4) is 0 Å². The summed E-state index contributed by atoms with van der Waals surface area (Å²) < 4.78 is 2.29. The summed E-state index contributed by atoms with van der Waals surface area (Å²) in [6.45, 7) is 15.6. The average molecular weight is 182 g/mol. The lowest BCUT2D eigenvalue weighted by Gasteiger charge is -2.33. The van der Waals surface area contributed by atoms with Gasteiger partial charge >= 0.3 is 0 Å². The SMILES string of the molecule is CC(C)(C)N1[C-]=[N+](C(C)(C)C)CC1. The number of nitrogens with zero attached hydrogens (tertiary/aromatic N) is 2. The molecule has 0 radical (unpaired) electrons. The molecule has 0 aliphatic carbocycles. The predicted molar refractivity (Wildman–Crippen MR) is 56.3 cm³/mol. The Morgan fingerprint density at radius 1 is 1.08 bits per heavy atom. The van der Waals surface area contributed by atoms with Crippen LogP contribution in [0.15, 0.2) is 0 Å². The smallest absolute Gasteiger partial charge is 0.0883 e. The van der Waals surface area contributed by atoms with E-state index in [1.165, 1.54) is 0 Å². The number of hydrogen-bond acceptors (Lipinski definition) is 1. The topological polar surface area (TPSA) is 6.25 Å². The van der Waals surface area contributed by atoms with E-state index in [0.717, 1.165) is 13.1 Å². The van der Waals surface area contributed by atoms with Crippen LogP contribution in [0.25, 0.3) is 0 Å². The Morgan fingerprint density at radius 3 is 1.85 bits per heavy atom. The summed E-state index contributed by atoms with van der Waals surface area (Å²) in [5.41, 5.74) is 0.417. The van der Waals surface area contributed by atoms with E-state index in [1.54, 1.807) is 0 Å². The highest BCUT2D eigenvalue weighted by Gasteiger charge is 2.25. The fourth-order valence-electron chi connectivity index (χ4n) is 1.42. The zero-order valence-corrected chi connectivity index (χ0v) is 9.81. The number of hydrogen-bond donors (Lipinski definition) is 0. The highest BCUT2D eigenvalue weighted by molar-refractivity contribution is 5.52. The Kier molecular flexibility index (Phi) is 2.44. The summed E-state index contributed by atoms with van der Waals surface area (Å²) in [7, 11) is 0. The fourth-order valence-corrected chi connectivity index (χ4v) is 1.42. The summed E-state index contributed by atoms with van der Waals surface area (Å²) >= 11 is 0. The average Bonchev–Trinajstić information content (AvgIpc) is 2.28. The van der Waals surface area contributed by atoms with E-state index in [1.807, 2.05) is 0 Å². The Morgan fingerprint density at radius 2 is 1.62 bits per heavy atom. The van der Waals surface area contributed by atoms with Crippen molar-refractivity contribution in [1.29, 1.82) is 0 Å². The van der Waals surface area contributed by atoms with Gasteiger partial charge in [-0.25, -0.2) is 0 Å². The lowest BCUT2D eigenvalue weighted by molar-refractivity contribution is -0.584. The second-order valence-corrected chi connectivity index (χ2v) is 5.74. The zero-order valence-electron chi connectivity index (χ0n) is 9.81. The molecule has 1 aliphatic rings. The fraction of sp³-hybridized carbons (Fsp3) is 0.909. The summed E-state index contributed by atoms with van der Waals surface area (Å²) in [5, 5.41) is 0. The van der Waals surface area contributed by atoms with Crippen LogP contribution in [0.3, 0.4) is 0 Å². The van der Waals surface area contributed by atoms with E-state index < -0.39 is 0 Å². The lowest BCUT2D eigenvalue weighted by atomic mass is 10.1. The molecule has 0 bridgehead atoms. The Bertz CT molecular complexity index is 215. The van der Waals surface area contributed by atoms with Crippen LogP contribution in [0.1, 0.15) is 41.5 Å². The standard InChI is InChI=1S/C11H22N2/c1-10(2,3)12-7-8-13(9-12)11(4,5)6/h7-8H2,1-6H3. The third-order valence-electron chi connectivity index (χ3n) is 2.41. The molecule has 0 fully saturated rings. The van der Waals surface area contributed by atoms with Gasteiger partial charge in [0.15, 0.2) is 0 Å². The molecule has 0 spiro atoms. The van der Waals surface area contributed by atoms with Crippen molar-refractivity contribution < 1.29 is 4.58 Å². The molecule has 0 atom stereocenters. The van der Waals surface area contributed by atoms with Gasteiger partial charge in [-0.05, 0) is 41.5 Å². The van der Waals surface area contributed by atoms with Crippen molar-refractivity contribution in [3.63, 3.8) is 0 Å². The maximum Gasteiger partial charge on any atom is 0.0883 e. The van der Waals surface area contributed by atoms with Gasteiger partial charge < -0.3 is 9.48 Å². The second-order valence-electron chi connectivity index (χ2n) is 5.74. The summed E-state index contributed by atoms with van der Waals surface area (Å²) in [4.78, 5) is 2.29. The summed E-state index contributed by atoms with van der Waals surface area (Å²) in [6.07, 6.45) is 3.44. The van der Waals surface area contributed by atoms with Crippen LogP contribution in [0.4, 0.5) is 0 Å². The molecule has 0 aromatic heterocycles. The van der Waals surface area contributed by atoms with Crippen molar-refractivity contribution in [2.24, 2.45) is 0 Å². The minimum absolute atomic E-state index is 0.208. The van der Waals surface area contributed by atoms with Gasteiger partial charge in [0.2, 0.25) is 0 Å². The molecule has 0 N–H and O–H groups in total. The first-order valence-corrected chi connectivity index (χ1v) is 5.03. The first kappa shape index (κ1) is 10.6. The lowest BCUT2D eigenvalue weighted by Crippen LogP contribution is -2.39. The highest BCUT2D eigenvalue weighted by atomic mass is 15.3. The van der Waals surface area contributed by atoms with Crippen LogP contribution in [-0.4, -0.2) is 40.0 Å². The molecule has 76 valence electrons. The molecule has 13 heavy (non-hydrogen) atoms. The third-order valence-corrected chi connectivity index (χ3v) is 2.41. The normalized spacial score (nSPS) is 19.2. The maximum atomic E-state index is 3.44. The maximum absolute atomic E-state index is 3.44. The summed E-state index contributed by atoms with van der Waals surface area (Å²) in [6, 6.07) is 0. The minimum Gasteiger partial charge on any atom is -0.431 e. The molecular weight excluding hydrogens is 160 g/mol. The van der Waals surface area contributed by atoms with E-state index in [4.69, 9.17) is 0 Å². The van der Waals surface area contributed by atoms with Crippen molar-refractivity contribution in [2.45, 2.75) is 52.6 Å². The Balaban J connectivity index is 2.76. The molecule has 1 heterocycles. The molecule has 0 saturated carbocycles. The second kappa shape index (κ2) is 3.00. The van der Waals surface area contributed by atoms with Gasteiger partial charge in [0, 0.05) is 0 Å². The van der Waals surface area contributed by atoms with Crippen molar-refractivity contribution in [1.82, 2.24) is 4.90 Å². The highest BCUT2D eigenvalue weighted by Crippen LogP contribution is 2.17. The van der Waals surface area contributed by atoms with Crippen LogP contribution in [0.5, 0.6) is 0 Å². The van der Waals surface area contributed by atoms with Crippen molar-refractivity contribution in [2.75, 3.05) is 13.1 Å². The van der Waals surface area contributed by atoms with Crippen molar-refractivity contribution in [3.05, 3.63) is 0 Å². The van der Waals surface area contributed by atoms with E-state index >= 15 is 0 Å². The largest absolute Gasteiger partial charge is 0.431 e. The zero-order chi connectivity index (χ0) is 10.3. The van der Waals surface area contributed by atoms with E-state index in [9.17, 15) is 0 Å². The van der Waals surface area contributed by atoms with Gasteiger partial charge in [-0.3, -0.25) is 0 Å². The van der Waals surface area contributed by atoms with Gasteiger partial charge in [-0.2, -0.15) is 0 Å². The van der Waals surface area contributed by atoms with Crippen LogP contribution in [0, 0.1) is 0 Å². The molecule has 0 saturated heterocycles. The van der Waals surface area contributed by atoms with Crippen LogP contribution in [0.2, 0.25) is 0 Å². The van der Waals surface area contributed by atoms with E-state index in [-0.39, 0.29) is 11.1 Å². The molecule has 1 rings (SSSR count). The van der Waals surface area contributed by atoms with E-state index in [2.05, 4.69) is 57.4 Å². The first-order valence-electron chi connectivity index (χ1n) is 5.03. The molecular formula is C11H22N2.